The highest BCUT2D eigenvalue weighted by Crippen LogP contribution is 2.25. The van der Waals surface area contributed by atoms with Crippen LogP contribution in [0.4, 0.5) is 0 Å². The third-order valence-electron chi connectivity index (χ3n) is 2.94. The first-order valence-corrected chi connectivity index (χ1v) is 7.00. The molecule has 4 heteroatoms. The van der Waals surface area contributed by atoms with Crippen LogP contribution in [0.5, 0.6) is 0 Å². The van der Waals surface area contributed by atoms with Crippen LogP contribution in [0.15, 0.2) is 35.1 Å². The molecule has 0 spiro atoms. The van der Waals surface area contributed by atoms with E-state index in [1.807, 2.05) is 19.3 Å². The average Bonchev–Trinajstić information content (AvgIpc) is 2.77. The van der Waals surface area contributed by atoms with Crippen molar-refractivity contribution in [3.63, 3.8) is 0 Å². The maximum absolute atomic E-state index is 5.91. The Morgan fingerprint density at radius 2 is 2.22 bits per heavy atom. The molecule has 3 nitrogen and oxygen atoms in total. The summed E-state index contributed by atoms with van der Waals surface area (Å²) in [4.78, 5) is 4.39. The summed E-state index contributed by atoms with van der Waals surface area (Å²) in [5, 5.41) is 0. The summed E-state index contributed by atoms with van der Waals surface area (Å²) >= 11 is 3.58. The molecule has 1 aromatic carbocycles. The van der Waals surface area contributed by atoms with Gasteiger partial charge in [0.2, 0.25) is 0 Å². The fourth-order valence-electron chi connectivity index (χ4n) is 2.01. The molecule has 0 aliphatic heterocycles. The molecular formula is C14H18BrN3. The molecule has 2 N–H and O–H groups in total. The SMILES string of the molecule is CCCc1nccn1-c1ccc([C@@H](C)N)c(Br)c1. The van der Waals surface area contributed by atoms with Crippen LogP contribution >= 0.6 is 15.9 Å². The van der Waals surface area contributed by atoms with Gasteiger partial charge in [0.15, 0.2) is 0 Å². The first-order chi connectivity index (χ1) is 8.63. The van der Waals surface area contributed by atoms with Gasteiger partial charge in [0.1, 0.15) is 5.82 Å². The highest BCUT2D eigenvalue weighted by Gasteiger charge is 2.08. The monoisotopic (exact) mass is 307 g/mol. The highest BCUT2D eigenvalue weighted by atomic mass is 79.9. The van der Waals surface area contributed by atoms with Crippen molar-refractivity contribution >= 4 is 15.9 Å². The van der Waals surface area contributed by atoms with Gasteiger partial charge in [-0.3, -0.25) is 0 Å². The lowest BCUT2D eigenvalue weighted by molar-refractivity contribution is 0.800. The summed E-state index contributed by atoms with van der Waals surface area (Å²) in [7, 11) is 0. The van der Waals surface area contributed by atoms with E-state index in [1.165, 1.54) is 0 Å². The second kappa shape index (κ2) is 5.67. The molecule has 0 aliphatic rings. The van der Waals surface area contributed by atoms with Gasteiger partial charge in [-0.1, -0.05) is 28.9 Å². The molecule has 0 saturated carbocycles. The summed E-state index contributed by atoms with van der Waals surface area (Å²) in [6.07, 6.45) is 5.92. The van der Waals surface area contributed by atoms with E-state index in [2.05, 4.69) is 50.6 Å². The molecule has 0 aliphatic carbocycles. The zero-order valence-corrected chi connectivity index (χ0v) is 12.3. The van der Waals surface area contributed by atoms with Crippen molar-refractivity contribution in [1.29, 1.82) is 0 Å². The smallest absolute Gasteiger partial charge is 0.113 e. The molecule has 0 bridgehead atoms. The molecule has 1 aromatic heterocycles. The normalized spacial score (nSPS) is 12.7. The lowest BCUT2D eigenvalue weighted by Gasteiger charge is -2.12. The van der Waals surface area contributed by atoms with E-state index < -0.39 is 0 Å². The predicted octanol–water partition coefficient (Wildman–Crippen LogP) is 3.61. The molecule has 96 valence electrons. The largest absolute Gasteiger partial charge is 0.324 e. The second-order valence-corrected chi connectivity index (χ2v) is 5.31. The van der Waals surface area contributed by atoms with Gasteiger partial charge in [0.05, 0.1) is 0 Å². The van der Waals surface area contributed by atoms with Crippen LogP contribution in [0.25, 0.3) is 5.69 Å². The molecule has 0 saturated heterocycles. The molecule has 0 radical (unpaired) electrons. The summed E-state index contributed by atoms with van der Waals surface area (Å²) < 4.78 is 3.17. The minimum Gasteiger partial charge on any atom is -0.324 e. The molecule has 0 fully saturated rings. The van der Waals surface area contributed by atoms with E-state index in [0.29, 0.717) is 0 Å². The zero-order valence-electron chi connectivity index (χ0n) is 10.7. The molecule has 1 atom stereocenters. The van der Waals surface area contributed by atoms with Crippen LogP contribution in [0, 0.1) is 0 Å². The fraction of sp³-hybridized carbons (Fsp3) is 0.357. The van der Waals surface area contributed by atoms with Gasteiger partial charge in [-0.15, -0.1) is 0 Å². The van der Waals surface area contributed by atoms with Gasteiger partial charge in [0, 0.05) is 35.0 Å². The number of aromatic nitrogens is 2. The number of imidazole rings is 1. The van der Waals surface area contributed by atoms with Crippen LogP contribution in [-0.2, 0) is 6.42 Å². The molecule has 1 heterocycles. The highest BCUT2D eigenvalue weighted by molar-refractivity contribution is 9.10. The van der Waals surface area contributed by atoms with E-state index in [0.717, 1.165) is 34.4 Å². The quantitative estimate of drug-likeness (QED) is 0.937. The summed E-state index contributed by atoms with van der Waals surface area (Å²) in [5.41, 5.74) is 8.15. The zero-order chi connectivity index (χ0) is 13.1. The number of hydrogen-bond donors (Lipinski definition) is 1. The van der Waals surface area contributed by atoms with Crippen LogP contribution < -0.4 is 5.73 Å². The molecule has 2 rings (SSSR count). The van der Waals surface area contributed by atoms with Gasteiger partial charge in [0.25, 0.3) is 0 Å². The molecule has 2 aromatic rings. The Morgan fingerprint density at radius 3 is 2.83 bits per heavy atom. The molecule has 0 unspecified atom stereocenters. The van der Waals surface area contributed by atoms with E-state index >= 15 is 0 Å². The van der Waals surface area contributed by atoms with E-state index in [9.17, 15) is 0 Å². The Labute approximate surface area is 116 Å². The lowest BCUT2D eigenvalue weighted by atomic mass is 10.1. The molecular weight excluding hydrogens is 290 g/mol. The maximum Gasteiger partial charge on any atom is 0.113 e. The van der Waals surface area contributed by atoms with Gasteiger partial charge in [-0.25, -0.2) is 4.98 Å². The topological polar surface area (TPSA) is 43.8 Å². The molecule has 0 amide bonds. The number of nitrogens with zero attached hydrogens (tertiary/aromatic N) is 2. The van der Waals surface area contributed by atoms with Crippen molar-refractivity contribution in [2.45, 2.75) is 32.7 Å². The number of aryl methyl sites for hydroxylation is 1. The van der Waals surface area contributed by atoms with E-state index in [-0.39, 0.29) is 6.04 Å². The first-order valence-electron chi connectivity index (χ1n) is 6.21. The van der Waals surface area contributed by atoms with Crippen LogP contribution in [-0.4, -0.2) is 9.55 Å². The van der Waals surface area contributed by atoms with Crippen molar-refractivity contribution < 1.29 is 0 Å². The number of rotatable bonds is 4. The Hall–Kier alpha value is -1.13. The van der Waals surface area contributed by atoms with Gasteiger partial charge >= 0.3 is 0 Å². The van der Waals surface area contributed by atoms with Crippen molar-refractivity contribution in [3.8, 4) is 5.69 Å². The second-order valence-electron chi connectivity index (χ2n) is 4.46. The van der Waals surface area contributed by atoms with Gasteiger partial charge < -0.3 is 10.3 Å². The number of halogens is 1. The Morgan fingerprint density at radius 1 is 1.44 bits per heavy atom. The Balaban J connectivity index is 2.39. The van der Waals surface area contributed by atoms with Crippen LogP contribution in [0.3, 0.4) is 0 Å². The van der Waals surface area contributed by atoms with Crippen molar-refractivity contribution in [1.82, 2.24) is 9.55 Å². The van der Waals surface area contributed by atoms with E-state index in [1.54, 1.807) is 0 Å². The Bertz CT molecular complexity index is 532. The van der Waals surface area contributed by atoms with Crippen molar-refractivity contribution in [3.05, 3.63) is 46.5 Å². The van der Waals surface area contributed by atoms with Gasteiger partial charge in [-0.05, 0) is 31.0 Å². The summed E-state index contributed by atoms with van der Waals surface area (Å²) in [5.74, 6) is 1.10. The standard InChI is InChI=1S/C14H18BrN3/c1-3-4-14-17-7-8-18(14)11-5-6-12(10(2)16)13(15)9-11/h5-10H,3-4,16H2,1-2H3/t10-/m1/s1. The number of benzene rings is 1. The summed E-state index contributed by atoms with van der Waals surface area (Å²) in [6, 6.07) is 6.29. The van der Waals surface area contributed by atoms with Crippen molar-refractivity contribution in [2.75, 3.05) is 0 Å². The van der Waals surface area contributed by atoms with E-state index in [4.69, 9.17) is 5.73 Å². The third-order valence-corrected chi connectivity index (χ3v) is 3.63. The number of nitrogens with two attached hydrogens (primary N) is 1. The number of hydrogen-bond acceptors (Lipinski definition) is 2. The lowest BCUT2D eigenvalue weighted by Crippen LogP contribution is -2.07. The van der Waals surface area contributed by atoms with Crippen molar-refractivity contribution in [2.24, 2.45) is 5.73 Å². The first kappa shape index (κ1) is 13.3. The minimum absolute atomic E-state index is 0.0336. The third kappa shape index (κ3) is 2.65. The predicted molar refractivity (Wildman–Crippen MR) is 77.9 cm³/mol. The van der Waals surface area contributed by atoms with Gasteiger partial charge in [-0.2, -0.15) is 0 Å². The Kier molecular flexibility index (Phi) is 4.19. The van der Waals surface area contributed by atoms with Crippen LogP contribution in [0.2, 0.25) is 0 Å². The summed E-state index contributed by atoms with van der Waals surface area (Å²) in [6.45, 7) is 4.15. The maximum atomic E-state index is 5.91. The minimum atomic E-state index is 0.0336. The average molecular weight is 308 g/mol. The fourth-order valence-corrected chi connectivity index (χ4v) is 2.74. The van der Waals surface area contributed by atoms with Crippen LogP contribution in [0.1, 0.15) is 37.7 Å². The molecule has 18 heavy (non-hydrogen) atoms.